The fourth-order valence-corrected chi connectivity index (χ4v) is 2.51. The minimum Gasteiger partial charge on any atom is -0.493 e. The molecular formula is C19H23NO4. The number of fused-ring (bicyclic) bond motifs is 1. The van der Waals surface area contributed by atoms with Crippen LogP contribution in [-0.2, 0) is 9.59 Å². The molecule has 1 atom stereocenters. The van der Waals surface area contributed by atoms with E-state index in [9.17, 15) is 9.59 Å². The molecule has 0 saturated carbocycles. The van der Waals surface area contributed by atoms with Gasteiger partial charge in [-0.3, -0.25) is 9.59 Å². The second-order valence-electron chi connectivity index (χ2n) is 5.94. The Hall–Kier alpha value is -2.56. The Morgan fingerprint density at radius 1 is 1.17 bits per heavy atom. The summed E-state index contributed by atoms with van der Waals surface area (Å²) in [6.45, 7) is 2.26. The number of hydrogen-bond acceptors (Lipinski definition) is 3. The Kier molecular flexibility index (Phi) is 6.18. The van der Waals surface area contributed by atoms with Crippen LogP contribution in [-0.4, -0.2) is 42.1 Å². The lowest BCUT2D eigenvalue weighted by Crippen LogP contribution is -2.33. The minimum atomic E-state index is -0.895. The molecule has 1 amide bonds. The largest absolute Gasteiger partial charge is 0.493 e. The van der Waals surface area contributed by atoms with Crippen molar-refractivity contribution in [3.05, 3.63) is 42.5 Å². The van der Waals surface area contributed by atoms with Gasteiger partial charge in [-0.15, -0.1) is 0 Å². The fourth-order valence-electron chi connectivity index (χ4n) is 2.51. The van der Waals surface area contributed by atoms with Crippen LogP contribution < -0.4 is 4.74 Å². The molecular weight excluding hydrogens is 306 g/mol. The molecule has 0 fully saturated rings. The second kappa shape index (κ2) is 8.34. The Bertz CT molecular complexity index is 708. The summed E-state index contributed by atoms with van der Waals surface area (Å²) in [6.07, 6.45) is 0.932. The van der Waals surface area contributed by atoms with Crippen LogP contribution in [0.25, 0.3) is 10.8 Å². The number of amides is 1. The van der Waals surface area contributed by atoms with Gasteiger partial charge in [0.15, 0.2) is 0 Å². The predicted octanol–water partition coefficient (Wildman–Crippen LogP) is 3.18. The van der Waals surface area contributed by atoms with Crippen molar-refractivity contribution in [2.45, 2.75) is 19.8 Å². The molecule has 0 bridgehead atoms. The molecule has 2 aromatic carbocycles. The van der Waals surface area contributed by atoms with Crippen molar-refractivity contribution in [1.29, 1.82) is 0 Å². The van der Waals surface area contributed by atoms with Crippen molar-refractivity contribution in [3.63, 3.8) is 0 Å². The van der Waals surface area contributed by atoms with Crippen molar-refractivity contribution in [2.24, 2.45) is 5.92 Å². The van der Waals surface area contributed by atoms with Crippen molar-refractivity contribution in [3.8, 4) is 5.75 Å². The van der Waals surface area contributed by atoms with Gasteiger partial charge in [-0.1, -0.05) is 43.3 Å². The van der Waals surface area contributed by atoms with Crippen molar-refractivity contribution in [2.75, 3.05) is 20.2 Å². The number of hydrogen-bond donors (Lipinski definition) is 1. The summed E-state index contributed by atoms with van der Waals surface area (Å²) in [7, 11) is 1.63. The quantitative estimate of drug-likeness (QED) is 0.755. The van der Waals surface area contributed by atoms with Gasteiger partial charge in [-0.2, -0.15) is 0 Å². The Balaban J connectivity index is 1.80. The van der Waals surface area contributed by atoms with Gasteiger partial charge in [-0.25, -0.2) is 0 Å². The first kappa shape index (κ1) is 17.8. The normalized spacial score (nSPS) is 11.9. The van der Waals surface area contributed by atoms with E-state index in [4.69, 9.17) is 9.84 Å². The van der Waals surface area contributed by atoms with Gasteiger partial charge in [0.1, 0.15) is 5.75 Å². The third-order valence-corrected chi connectivity index (χ3v) is 3.94. The molecule has 0 aromatic heterocycles. The molecule has 0 aliphatic rings. The molecule has 1 N–H and O–H groups in total. The summed E-state index contributed by atoms with van der Waals surface area (Å²) in [4.78, 5) is 24.3. The van der Waals surface area contributed by atoms with E-state index >= 15 is 0 Å². The standard InChI is InChI=1S/C19H23NO4/c1-14(19(22)23)13-20(2)18(21)11-6-12-24-17-10-5-8-15-7-3-4-9-16(15)17/h3-5,7-10,14H,6,11-13H2,1-2H3,(H,22,23). The second-order valence-corrected chi connectivity index (χ2v) is 5.94. The molecule has 0 radical (unpaired) electrons. The maximum absolute atomic E-state index is 12.0. The van der Waals surface area contributed by atoms with Crippen LogP contribution in [0.5, 0.6) is 5.75 Å². The van der Waals surface area contributed by atoms with E-state index in [-0.39, 0.29) is 12.5 Å². The molecule has 0 saturated heterocycles. The first-order chi connectivity index (χ1) is 11.5. The monoisotopic (exact) mass is 329 g/mol. The van der Waals surface area contributed by atoms with E-state index in [0.29, 0.717) is 19.4 Å². The highest BCUT2D eigenvalue weighted by atomic mass is 16.5. The van der Waals surface area contributed by atoms with Crippen molar-refractivity contribution >= 4 is 22.6 Å². The van der Waals surface area contributed by atoms with E-state index in [1.54, 1.807) is 14.0 Å². The zero-order valence-electron chi connectivity index (χ0n) is 14.1. The highest BCUT2D eigenvalue weighted by molar-refractivity contribution is 5.88. The number of carboxylic acid groups (broad SMARTS) is 1. The maximum Gasteiger partial charge on any atom is 0.308 e. The average Bonchev–Trinajstić information content (AvgIpc) is 2.58. The summed E-state index contributed by atoms with van der Waals surface area (Å²) in [5.74, 6) is -0.710. The van der Waals surface area contributed by atoms with Crippen LogP contribution in [0.15, 0.2) is 42.5 Å². The number of benzene rings is 2. The van der Waals surface area contributed by atoms with Crippen molar-refractivity contribution in [1.82, 2.24) is 4.90 Å². The zero-order chi connectivity index (χ0) is 17.5. The fraction of sp³-hybridized carbons (Fsp3) is 0.368. The number of ether oxygens (including phenoxy) is 1. The summed E-state index contributed by atoms with van der Waals surface area (Å²) in [5.41, 5.74) is 0. The molecule has 5 nitrogen and oxygen atoms in total. The zero-order valence-corrected chi connectivity index (χ0v) is 14.1. The third kappa shape index (κ3) is 4.72. The molecule has 2 rings (SSSR count). The molecule has 24 heavy (non-hydrogen) atoms. The van der Waals surface area contributed by atoms with Crippen LogP contribution in [0, 0.1) is 5.92 Å². The van der Waals surface area contributed by atoms with E-state index in [1.165, 1.54) is 4.90 Å². The first-order valence-corrected chi connectivity index (χ1v) is 8.06. The Morgan fingerprint density at radius 3 is 2.62 bits per heavy atom. The highest BCUT2D eigenvalue weighted by Crippen LogP contribution is 2.25. The van der Waals surface area contributed by atoms with E-state index < -0.39 is 11.9 Å². The SMILES string of the molecule is CC(CN(C)C(=O)CCCOc1cccc2ccccc12)C(=O)O. The number of nitrogens with zero attached hydrogens (tertiary/aromatic N) is 1. The number of carboxylic acids is 1. The molecule has 0 aliphatic carbocycles. The van der Waals surface area contributed by atoms with Gasteiger partial charge in [-0.05, 0) is 17.9 Å². The lowest BCUT2D eigenvalue weighted by atomic mass is 10.1. The molecule has 1 unspecified atom stereocenters. The number of aliphatic carboxylic acids is 1. The molecule has 2 aromatic rings. The molecule has 0 heterocycles. The van der Waals surface area contributed by atoms with Crippen LogP contribution in [0.2, 0.25) is 0 Å². The minimum absolute atomic E-state index is 0.0652. The Labute approximate surface area is 141 Å². The third-order valence-electron chi connectivity index (χ3n) is 3.94. The van der Waals surface area contributed by atoms with Crippen molar-refractivity contribution < 1.29 is 19.4 Å². The molecule has 0 spiro atoms. The smallest absolute Gasteiger partial charge is 0.308 e. The average molecular weight is 329 g/mol. The van der Waals surface area contributed by atoms with Crippen LogP contribution >= 0.6 is 0 Å². The Morgan fingerprint density at radius 2 is 1.88 bits per heavy atom. The lowest BCUT2D eigenvalue weighted by molar-refractivity contribution is -0.142. The topological polar surface area (TPSA) is 66.8 Å². The molecule has 128 valence electrons. The van der Waals surface area contributed by atoms with Gasteiger partial charge in [0.05, 0.1) is 12.5 Å². The van der Waals surface area contributed by atoms with E-state index in [1.807, 2.05) is 42.5 Å². The van der Waals surface area contributed by atoms with Gasteiger partial charge < -0.3 is 14.7 Å². The first-order valence-electron chi connectivity index (χ1n) is 8.06. The van der Waals surface area contributed by atoms with E-state index in [2.05, 4.69) is 0 Å². The number of rotatable bonds is 8. The van der Waals surface area contributed by atoms with Gasteiger partial charge >= 0.3 is 5.97 Å². The summed E-state index contributed by atoms with van der Waals surface area (Å²) in [5, 5.41) is 11.1. The van der Waals surface area contributed by atoms with Crippen LogP contribution in [0.1, 0.15) is 19.8 Å². The number of carbonyl (C=O) groups excluding carboxylic acids is 1. The molecule has 0 aliphatic heterocycles. The summed E-state index contributed by atoms with van der Waals surface area (Å²) >= 11 is 0. The summed E-state index contributed by atoms with van der Waals surface area (Å²) < 4.78 is 5.80. The van der Waals surface area contributed by atoms with E-state index in [0.717, 1.165) is 16.5 Å². The predicted molar refractivity (Wildman–Crippen MR) is 93.1 cm³/mol. The maximum atomic E-state index is 12.0. The van der Waals surface area contributed by atoms with Gasteiger partial charge in [0.25, 0.3) is 0 Å². The highest BCUT2D eigenvalue weighted by Gasteiger charge is 2.17. The van der Waals surface area contributed by atoms with Gasteiger partial charge in [0.2, 0.25) is 5.91 Å². The van der Waals surface area contributed by atoms with Crippen LogP contribution in [0.3, 0.4) is 0 Å². The number of carbonyl (C=O) groups is 2. The summed E-state index contributed by atoms with van der Waals surface area (Å²) in [6, 6.07) is 13.9. The molecule has 5 heteroatoms. The van der Waals surface area contributed by atoms with Crippen LogP contribution in [0.4, 0.5) is 0 Å². The van der Waals surface area contributed by atoms with Gasteiger partial charge in [0, 0.05) is 25.4 Å². The lowest BCUT2D eigenvalue weighted by Gasteiger charge is -2.19.